The Morgan fingerprint density at radius 1 is 1.32 bits per heavy atom. The van der Waals surface area contributed by atoms with Crippen molar-refractivity contribution in [3.8, 4) is 10.6 Å². The molecule has 0 bridgehead atoms. The van der Waals surface area contributed by atoms with Gasteiger partial charge in [0.05, 0.1) is 23.1 Å². The zero-order chi connectivity index (χ0) is 16.3. The Hall–Kier alpha value is -1.43. The van der Waals surface area contributed by atoms with E-state index in [-0.39, 0.29) is 18.6 Å². The molecule has 7 heteroatoms. The second-order valence-corrected chi connectivity index (χ2v) is 6.49. The third-order valence-electron chi connectivity index (χ3n) is 3.20. The first kappa shape index (κ1) is 16.9. The van der Waals surface area contributed by atoms with Gasteiger partial charge in [-0.05, 0) is 25.1 Å². The minimum absolute atomic E-state index is 0.00502. The summed E-state index contributed by atoms with van der Waals surface area (Å²) in [5.41, 5.74) is 1.38. The van der Waals surface area contributed by atoms with Gasteiger partial charge in [-0.15, -0.1) is 11.3 Å². The molecule has 0 aliphatic rings. The van der Waals surface area contributed by atoms with E-state index in [1.54, 1.807) is 30.5 Å². The Bertz CT molecular complexity index is 715. The van der Waals surface area contributed by atoms with Crippen molar-refractivity contribution in [2.24, 2.45) is 0 Å². The molecule has 1 aromatic heterocycles. The number of carbonyl (C=O) groups excluding carboxylic acids is 1. The van der Waals surface area contributed by atoms with E-state index in [9.17, 15) is 9.59 Å². The first-order valence-corrected chi connectivity index (χ1v) is 8.17. The summed E-state index contributed by atoms with van der Waals surface area (Å²) in [6, 6.07) is 5.15. The molecule has 0 fully saturated rings. The molecule has 1 unspecified atom stereocenters. The van der Waals surface area contributed by atoms with Crippen LogP contribution in [0.2, 0.25) is 10.0 Å². The molecular formula is C15H13Cl2NO3S. The number of rotatable bonds is 6. The Labute approximate surface area is 141 Å². The summed E-state index contributed by atoms with van der Waals surface area (Å²) in [7, 11) is 0. The van der Waals surface area contributed by atoms with Crippen LogP contribution in [-0.4, -0.2) is 21.8 Å². The number of halogens is 2. The predicted molar refractivity (Wildman–Crippen MR) is 87.9 cm³/mol. The van der Waals surface area contributed by atoms with Crippen molar-refractivity contribution in [2.45, 2.75) is 25.7 Å². The van der Waals surface area contributed by atoms with Crippen LogP contribution in [0.3, 0.4) is 0 Å². The van der Waals surface area contributed by atoms with Gasteiger partial charge in [-0.1, -0.05) is 23.2 Å². The highest BCUT2D eigenvalue weighted by Crippen LogP contribution is 2.34. The molecule has 0 spiro atoms. The van der Waals surface area contributed by atoms with Gasteiger partial charge in [0.2, 0.25) is 0 Å². The average Bonchev–Trinajstić information content (AvgIpc) is 2.93. The van der Waals surface area contributed by atoms with Crippen LogP contribution < -0.4 is 0 Å². The number of carbonyl (C=O) groups is 2. The number of carboxylic acid groups (broad SMARTS) is 1. The van der Waals surface area contributed by atoms with Gasteiger partial charge in [-0.2, -0.15) is 0 Å². The van der Waals surface area contributed by atoms with Gasteiger partial charge in [0.25, 0.3) is 0 Å². The summed E-state index contributed by atoms with van der Waals surface area (Å²) in [4.78, 5) is 26.9. The number of Topliss-reactive ketones (excluding diaryl/α,β-unsaturated/α-hetero) is 1. The number of aliphatic carboxylic acids is 1. The fourth-order valence-electron chi connectivity index (χ4n) is 1.88. The molecule has 2 aromatic rings. The normalized spacial score (nSPS) is 12.1. The number of thiazole rings is 1. The van der Waals surface area contributed by atoms with Crippen molar-refractivity contribution in [3.05, 3.63) is 39.3 Å². The number of nitrogens with zero attached hydrogens (tertiary/aromatic N) is 1. The van der Waals surface area contributed by atoms with Crippen LogP contribution in [0.5, 0.6) is 0 Å². The molecule has 0 saturated heterocycles. The summed E-state index contributed by atoms with van der Waals surface area (Å²) in [5.74, 6) is -1.55. The van der Waals surface area contributed by atoms with Gasteiger partial charge in [0.15, 0.2) is 0 Å². The standard InChI is InChI=1S/C15H13Cl2NO3S/c1-8(13(19)4-5-14(20)21)12-7-22-15(18-12)10-3-2-9(16)6-11(10)17/h2-3,6-8H,4-5H2,1H3,(H,20,21). The summed E-state index contributed by atoms with van der Waals surface area (Å²) in [5, 5.41) is 12.2. The van der Waals surface area contributed by atoms with Crippen molar-refractivity contribution in [1.29, 1.82) is 0 Å². The summed E-state index contributed by atoms with van der Waals surface area (Å²) >= 11 is 13.4. The van der Waals surface area contributed by atoms with Crippen molar-refractivity contribution < 1.29 is 14.7 Å². The van der Waals surface area contributed by atoms with Crippen LogP contribution in [0, 0.1) is 0 Å². The lowest BCUT2D eigenvalue weighted by Crippen LogP contribution is -2.11. The van der Waals surface area contributed by atoms with Crippen LogP contribution in [0.15, 0.2) is 23.6 Å². The van der Waals surface area contributed by atoms with Crippen LogP contribution in [0.25, 0.3) is 10.6 Å². The molecule has 2 rings (SSSR count). The Morgan fingerprint density at radius 2 is 2.05 bits per heavy atom. The fraction of sp³-hybridized carbons (Fsp3) is 0.267. The van der Waals surface area contributed by atoms with E-state index in [1.165, 1.54) is 11.3 Å². The summed E-state index contributed by atoms with van der Waals surface area (Å²) in [6.07, 6.45) is -0.158. The highest BCUT2D eigenvalue weighted by atomic mass is 35.5. The first-order valence-electron chi connectivity index (χ1n) is 6.54. The van der Waals surface area contributed by atoms with Gasteiger partial charge in [0.1, 0.15) is 10.8 Å². The predicted octanol–water partition coefficient (Wildman–Crippen LogP) is 4.65. The topological polar surface area (TPSA) is 67.3 Å². The van der Waals surface area contributed by atoms with Gasteiger partial charge in [0, 0.05) is 22.4 Å². The SMILES string of the molecule is CC(C(=O)CCC(=O)O)c1csc(-c2ccc(Cl)cc2Cl)n1. The second kappa shape index (κ2) is 7.22. The van der Waals surface area contributed by atoms with Crippen LogP contribution in [0.1, 0.15) is 31.4 Å². The minimum atomic E-state index is -0.979. The molecule has 0 saturated carbocycles. The van der Waals surface area contributed by atoms with E-state index in [0.717, 1.165) is 5.56 Å². The molecule has 0 amide bonds. The number of aromatic nitrogens is 1. The van der Waals surface area contributed by atoms with Crippen molar-refractivity contribution >= 4 is 46.3 Å². The maximum absolute atomic E-state index is 12.0. The zero-order valence-corrected chi connectivity index (χ0v) is 14.0. The molecule has 116 valence electrons. The first-order chi connectivity index (χ1) is 10.4. The largest absolute Gasteiger partial charge is 0.481 e. The highest BCUT2D eigenvalue weighted by molar-refractivity contribution is 7.13. The molecule has 1 aromatic carbocycles. The molecule has 0 aliphatic heterocycles. The molecular weight excluding hydrogens is 345 g/mol. The summed E-state index contributed by atoms with van der Waals surface area (Å²) < 4.78 is 0. The summed E-state index contributed by atoms with van der Waals surface area (Å²) in [6.45, 7) is 1.73. The van der Waals surface area contributed by atoms with E-state index >= 15 is 0 Å². The van der Waals surface area contributed by atoms with E-state index in [1.807, 2.05) is 0 Å². The fourth-order valence-corrected chi connectivity index (χ4v) is 3.39. The van der Waals surface area contributed by atoms with Crippen LogP contribution in [-0.2, 0) is 9.59 Å². The molecule has 1 heterocycles. The quantitative estimate of drug-likeness (QED) is 0.816. The molecule has 22 heavy (non-hydrogen) atoms. The monoisotopic (exact) mass is 357 g/mol. The van der Waals surface area contributed by atoms with Crippen LogP contribution in [0.4, 0.5) is 0 Å². The number of ketones is 1. The number of carboxylic acids is 1. The van der Waals surface area contributed by atoms with Gasteiger partial charge < -0.3 is 5.11 Å². The third kappa shape index (κ3) is 4.06. The smallest absolute Gasteiger partial charge is 0.303 e. The number of hydrogen-bond donors (Lipinski definition) is 1. The minimum Gasteiger partial charge on any atom is -0.481 e. The Kier molecular flexibility index (Phi) is 5.56. The maximum atomic E-state index is 12.0. The molecule has 4 nitrogen and oxygen atoms in total. The molecule has 0 aliphatic carbocycles. The second-order valence-electron chi connectivity index (χ2n) is 4.78. The van der Waals surface area contributed by atoms with Crippen molar-refractivity contribution in [3.63, 3.8) is 0 Å². The van der Waals surface area contributed by atoms with Gasteiger partial charge >= 0.3 is 5.97 Å². The maximum Gasteiger partial charge on any atom is 0.303 e. The molecule has 1 N–H and O–H groups in total. The zero-order valence-electron chi connectivity index (χ0n) is 11.7. The van der Waals surface area contributed by atoms with E-state index in [2.05, 4.69) is 4.98 Å². The van der Waals surface area contributed by atoms with Gasteiger partial charge in [-0.25, -0.2) is 4.98 Å². The van der Waals surface area contributed by atoms with E-state index in [4.69, 9.17) is 28.3 Å². The third-order valence-corrected chi connectivity index (χ3v) is 4.64. The number of hydrogen-bond acceptors (Lipinski definition) is 4. The molecule has 0 radical (unpaired) electrons. The Balaban J connectivity index is 2.17. The van der Waals surface area contributed by atoms with E-state index < -0.39 is 11.9 Å². The lowest BCUT2D eigenvalue weighted by atomic mass is 10.00. The van der Waals surface area contributed by atoms with Crippen LogP contribution >= 0.6 is 34.5 Å². The van der Waals surface area contributed by atoms with Gasteiger partial charge in [-0.3, -0.25) is 9.59 Å². The molecule has 1 atom stereocenters. The Morgan fingerprint density at radius 3 is 2.68 bits per heavy atom. The lowest BCUT2D eigenvalue weighted by molar-refractivity contribution is -0.138. The highest BCUT2D eigenvalue weighted by Gasteiger charge is 2.20. The average molecular weight is 358 g/mol. The lowest BCUT2D eigenvalue weighted by Gasteiger charge is -2.06. The van der Waals surface area contributed by atoms with Crippen molar-refractivity contribution in [2.75, 3.05) is 0 Å². The van der Waals surface area contributed by atoms with Crippen molar-refractivity contribution in [1.82, 2.24) is 4.98 Å². The van der Waals surface area contributed by atoms with E-state index in [0.29, 0.717) is 20.7 Å². The number of benzene rings is 1.